The Morgan fingerprint density at radius 2 is 1.78 bits per heavy atom. The van der Waals surface area contributed by atoms with Gasteiger partial charge in [-0.3, -0.25) is 0 Å². The molecule has 1 unspecified atom stereocenters. The molecule has 1 aliphatic rings. The van der Waals surface area contributed by atoms with E-state index < -0.39 is 6.05 Å². The van der Waals surface area contributed by atoms with Gasteiger partial charge in [-0.05, 0) is 12.8 Å². The second-order valence-corrected chi connectivity index (χ2v) is 6.32. The zero-order valence-corrected chi connectivity index (χ0v) is 7.89. The van der Waals surface area contributed by atoms with Gasteiger partial charge in [0.05, 0.1) is 12.2 Å². The van der Waals surface area contributed by atoms with Crippen molar-refractivity contribution in [2.75, 3.05) is 13.1 Å². The lowest BCUT2D eigenvalue weighted by Crippen LogP contribution is -2.21. The standard InChI is InChI=1S/C5H10NPS2/c8-7(9)6-4-2-1-3-5-6/h1-5H2/p+1. The largest absolute Gasteiger partial charge is 0.337 e. The van der Waals surface area contributed by atoms with Crippen molar-refractivity contribution in [2.45, 2.75) is 19.3 Å². The average molecular weight is 180 g/mol. The summed E-state index contributed by atoms with van der Waals surface area (Å²) in [4.78, 5) is 0. The van der Waals surface area contributed by atoms with Gasteiger partial charge in [0, 0.05) is 13.1 Å². The van der Waals surface area contributed by atoms with Crippen LogP contribution in [0.3, 0.4) is 0 Å². The molecule has 0 aromatic heterocycles. The van der Waals surface area contributed by atoms with Crippen LogP contribution in [0.5, 0.6) is 0 Å². The summed E-state index contributed by atoms with van der Waals surface area (Å²) in [6.07, 6.45) is 4.01. The molecule has 1 atom stereocenters. The number of hydrogen-bond donors (Lipinski definition) is 1. The van der Waals surface area contributed by atoms with E-state index in [2.05, 4.69) is 16.9 Å². The first kappa shape index (κ1) is 7.93. The topological polar surface area (TPSA) is 3.24 Å². The first-order valence-electron chi connectivity index (χ1n) is 3.22. The lowest BCUT2D eigenvalue weighted by molar-refractivity contribution is 0.378. The van der Waals surface area contributed by atoms with E-state index in [1.165, 1.54) is 32.4 Å². The van der Waals surface area contributed by atoms with Gasteiger partial charge in [0.1, 0.15) is 0 Å². The predicted molar refractivity (Wildman–Crippen MR) is 48.7 cm³/mol. The summed E-state index contributed by atoms with van der Waals surface area (Å²) in [6.45, 7) is 2.36. The van der Waals surface area contributed by atoms with Crippen molar-refractivity contribution in [3.63, 3.8) is 0 Å². The lowest BCUT2D eigenvalue weighted by atomic mass is 10.2. The Labute approximate surface area is 67.4 Å². The van der Waals surface area contributed by atoms with Crippen LogP contribution < -0.4 is 0 Å². The summed E-state index contributed by atoms with van der Waals surface area (Å²) >= 11 is 9.30. The summed E-state index contributed by atoms with van der Waals surface area (Å²) in [5.74, 6) is 0. The molecular weight excluding hydrogens is 169 g/mol. The van der Waals surface area contributed by atoms with E-state index in [4.69, 9.17) is 11.8 Å². The Hall–Kier alpha value is 0.830. The maximum absolute atomic E-state index is 5.05. The van der Waals surface area contributed by atoms with E-state index in [0.717, 1.165) is 0 Å². The second kappa shape index (κ2) is 3.87. The molecule has 0 aromatic rings. The van der Waals surface area contributed by atoms with E-state index in [-0.39, 0.29) is 0 Å². The van der Waals surface area contributed by atoms with E-state index >= 15 is 0 Å². The molecule has 0 radical (unpaired) electrons. The number of rotatable bonds is 1. The van der Waals surface area contributed by atoms with Crippen LogP contribution in [0.2, 0.25) is 0 Å². The van der Waals surface area contributed by atoms with Crippen LogP contribution in [-0.4, -0.2) is 17.8 Å². The van der Waals surface area contributed by atoms with Gasteiger partial charge in [-0.25, -0.2) is 0 Å². The molecule has 0 spiro atoms. The molecule has 0 aromatic carbocycles. The smallest absolute Gasteiger partial charge is 0.110 e. The van der Waals surface area contributed by atoms with Crippen molar-refractivity contribution in [3.05, 3.63) is 0 Å². The minimum absolute atomic E-state index is 0.508. The van der Waals surface area contributed by atoms with Crippen LogP contribution in [0, 0.1) is 0 Å². The van der Waals surface area contributed by atoms with Gasteiger partial charge in [-0.15, -0.1) is 4.67 Å². The van der Waals surface area contributed by atoms with Crippen LogP contribution in [0.4, 0.5) is 0 Å². The van der Waals surface area contributed by atoms with Crippen LogP contribution >= 0.6 is 18.3 Å². The second-order valence-electron chi connectivity index (χ2n) is 2.27. The molecule has 0 saturated carbocycles. The van der Waals surface area contributed by atoms with Crippen molar-refractivity contribution in [1.29, 1.82) is 0 Å². The molecule has 9 heavy (non-hydrogen) atoms. The molecule has 1 aliphatic heterocycles. The molecule has 0 amide bonds. The van der Waals surface area contributed by atoms with E-state index in [0.29, 0.717) is 0 Å². The molecule has 1 fully saturated rings. The first-order chi connectivity index (χ1) is 4.30. The van der Waals surface area contributed by atoms with Gasteiger partial charge in [0.2, 0.25) is 0 Å². The fourth-order valence-electron chi connectivity index (χ4n) is 1.05. The van der Waals surface area contributed by atoms with E-state index in [1.54, 1.807) is 0 Å². The van der Waals surface area contributed by atoms with Gasteiger partial charge < -0.3 is 0 Å². The number of nitrogens with zero attached hydrogens (tertiary/aromatic N) is 1. The van der Waals surface area contributed by atoms with Crippen molar-refractivity contribution < 1.29 is 0 Å². The minimum atomic E-state index is -0.508. The first-order valence-corrected chi connectivity index (χ1v) is 6.68. The van der Waals surface area contributed by atoms with Gasteiger partial charge in [-0.1, -0.05) is 6.42 Å². The number of hydrogen-bond acceptors (Lipinski definition) is 1. The van der Waals surface area contributed by atoms with Crippen molar-refractivity contribution in [2.24, 2.45) is 0 Å². The van der Waals surface area contributed by atoms with Gasteiger partial charge in [0.25, 0.3) is 0 Å². The molecule has 1 saturated heterocycles. The maximum Gasteiger partial charge on any atom is 0.337 e. The Bertz CT molecular complexity index is 112. The van der Waals surface area contributed by atoms with Crippen LogP contribution in [0.25, 0.3) is 0 Å². The molecule has 1 nitrogen and oxygen atoms in total. The SMILES string of the molecule is S=[P+](S)N1CCCCC1. The van der Waals surface area contributed by atoms with Crippen LogP contribution in [-0.2, 0) is 11.8 Å². The Morgan fingerprint density at radius 3 is 2.11 bits per heavy atom. The van der Waals surface area contributed by atoms with E-state index in [9.17, 15) is 0 Å². The molecule has 1 rings (SSSR count). The van der Waals surface area contributed by atoms with Gasteiger partial charge in [-0.2, -0.15) is 0 Å². The third-order valence-corrected chi connectivity index (χ3v) is 3.91. The molecular formula is C5H11NPS2+. The summed E-state index contributed by atoms with van der Waals surface area (Å²) in [5.41, 5.74) is 0. The highest BCUT2D eigenvalue weighted by Gasteiger charge is 2.20. The Morgan fingerprint density at radius 1 is 1.22 bits per heavy atom. The molecule has 1 heterocycles. The van der Waals surface area contributed by atoms with Gasteiger partial charge in [0.15, 0.2) is 11.8 Å². The normalized spacial score (nSPS) is 23.9. The third-order valence-electron chi connectivity index (χ3n) is 1.57. The highest BCUT2D eigenvalue weighted by atomic mass is 32.9. The highest BCUT2D eigenvalue weighted by Crippen LogP contribution is 2.34. The summed E-state index contributed by atoms with van der Waals surface area (Å²) < 4.78 is 2.30. The summed E-state index contributed by atoms with van der Waals surface area (Å²) in [5, 5.41) is 0. The Balaban J connectivity index is 2.31. The lowest BCUT2D eigenvalue weighted by Gasteiger charge is -2.15. The number of thiol groups is 1. The van der Waals surface area contributed by atoms with Crippen molar-refractivity contribution >= 4 is 30.1 Å². The number of piperidine rings is 1. The fourth-order valence-corrected chi connectivity index (χ4v) is 2.70. The third kappa shape index (κ3) is 2.50. The van der Waals surface area contributed by atoms with Gasteiger partial charge >= 0.3 is 6.05 Å². The highest BCUT2D eigenvalue weighted by molar-refractivity contribution is 8.55. The maximum atomic E-state index is 5.05. The summed E-state index contributed by atoms with van der Waals surface area (Å²) in [6, 6.07) is -0.508. The molecule has 0 N–H and O–H groups in total. The average Bonchev–Trinajstić information content (AvgIpc) is 1.90. The summed E-state index contributed by atoms with van der Waals surface area (Å²) in [7, 11) is 0. The molecule has 0 aliphatic carbocycles. The van der Waals surface area contributed by atoms with Crippen molar-refractivity contribution in [3.8, 4) is 0 Å². The monoisotopic (exact) mass is 180 g/mol. The predicted octanol–water partition coefficient (Wildman–Crippen LogP) is 2.18. The molecule has 0 bridgehead atoms. The zero-order valence-electron chi connectivity index (χ0n) is 5.29. The van der Waals surface area contributed by atoms with Crippen LogP contribution in [0.15, 0.2) is 0 Å². The quantitative estimate of drug-likeness (QED) is 0.486. The molecule has 52 valence electrons. The fraction of sp³-hybridized carbons (Fsp3) is 1.00. The van der Waals surface area contributed by atoms with Crippen molar-refractivity contribution in [1.82, 2.24) is 4.67 Å². The van der Waals surface area contributed by atoms with Crippen LogP contribution in [0.1, 0.15) is 19.3 Å². The molecule has 4 heteroatoms. The minimum Gasteiger partial charge on any atom is -0.110 e. The zero-order chi connectivity index (χ0) is 6.69. The Kier molecular flexibility index (Phi) is 3.41. The van der Waals surface area contributed by atoms with E-state index in [1.807, 2.05) is 0 Å².